The molecule has 33 heavy (non-hydrogen) atoms. The number of nitrogens with one attached hydrogen (secondary N) is 1. The van der Waals surface area contributed by atoms with Gasteiger partial charge in [-0.15, -0.1) is 5.10 Å². The van der Waals surface area contributed by atoms with Crippen LogP contribution in [-0.2, 0) is 25.0 Å². The van der Waals surface area contributed by atoms with E-state index in [-0.39, 0.29) is 17.9 Å². The highest BCUT2D eigenvalue weighted by atomic mass is 19.1. The number of H-pyrrole nitrogens is 1. The molecule has 0 radical (unpaired) electrons. The third-order valence-corrected chi connectivity index (χ3v) is 6.36. The van der Waals surface area contributed by atoms with E-state index in [2.05, 4.69) is 15.3 Å². The molecule has 0 spiro atoms. The van der Waals surface area contributed by atoms with Crippen LogP contribution in [-0.4, -0.2) is 31.7 Å². The molecule has 7 nitrogen and oxygen atoms in total. The Morgan fingerprint density at radius 3 is 2.85 bits per heavy atom. The number of hydrogen-bond donors (Lipinski definition) is 2. The van der Waals surface area contributed by atoms with Crippen LogP contribution in [0, 0.1) is 11.7 Å². The van der Waals surface area contributed by atoms with E-state index in [4.69, 9.17) is 4.74 Å². The number of unbranched alkanes of at least 4 members (excludes halogenated alkanes) is 1. The number of ether oxygens (including phenoxy) is 1. The van der Waals surface area contributed by atoms with Gasteiger partial charge in [-0.05, 0) is 74.6 Å². The number of nitrogens with zero attached hydrogens (tertiary/aromatic N) is 3. The minimum atomic E-state index is -1.23. The smallest absolute Gasteiger partial charge is 0.251 e. The summed E-state index contributed by atoms with van der Waals surface area (Å²) in [7, 11) is 0. The summed E-state index contributed by atoms with van der Waals surface area (Å²) in [5.74, 6) is 0.272. The number of benzene rings is 1. The summed E-state index contributed by atoms with van der Waals surface area (Å²) in [5, 5.41) is 19.7. The number of aliphatic hydroxyl groups is 1. The molecule has 176 valence electrons. The first kappa shape index (κ1) is 23.2. The Morgan fingerprint density at radius 1 is 1.27 bits per heavy atom. The van der Waals surface area contributed by atoms with Crippen molar-refractivity contribution in [1.29, 1.82) is 0 Å². The molecule has 0 unspecified atom stereocenters. The summed E-state index contributed by atoms with van der Waals surface area (Å²) < 4.78 is 21.6. The number of aromatic amines is 1. The van der Waals surface area contributed by atoms with E-state index in [1.54, 1.807) is 29.2 Å². The largest absolute Gasteiger partial charge is 0.490 e. The van der Waals surface area contributed by atoms with E-state index in [0.29, 0.717) is 30.9 Å². The minimum Gasteiger partial charge on any atom is -0.490 e. The molecule has 1 aliphatic carbocycles. The highest BCUT2D eigenvalue weighted by molar-refractivity contribution is 5.34. The van der Waals surface area contributed by atoms with Crippen LogP contribution in [0.1, 0.15) is 55.8 Å². The zero-order chi connectivity index (χ0) is 23.3. The van der Waals surface area contributed by atoms with Crippen molar-refractivity contribution in [3.8, 4) is 5.75 Å². The second-order valence-corrected chi connectivity index (χ2v) is 8.90. The van der Waals surface area contributed by atoms with Gasteiger partial charge in [0.05, 0.1) is 25.0 Å². The van der Waals surface area contributed by atoms with Gasteiger partial charge in [0, 0.05) is 11.8 Å². The first-order valence-corrected chi connectivity index (χ1v) is 11.7. The number of rotatable bonds is 12. The zero-order valence-electron chi connectivity index (χ0n) is 19.0. The lowest BCUT2D eigenvalue weighted by Crippen LogP contribution is -2.32. The summed E-state index contributed by atoms with van der Waals surface area (Å²) in [6.07, 6.45) is 9.17. The molecule has 2 heterocycles. The number of hydrogen-bond acceptors (Lipinski definition) is 5. The Kier molecular flexibility index (Phi) is 7.23. The van der Waals surface area contributed by atoms with Gasteiger partial charge >= 0.3 is 0 Å². The number of halogens is 1. The van der Waals surface area contributed by atoms with Gasteiger partial charge in [-0.2, -0.15) is 0 Å². The molecule has 1 atom stereocenters. The molecule has 0 amide bonds. The molecule has 8 heteroatoms. The molecule has 1 aromatic carbocycles. The van der Waals surface area contributed by atoms with Crippen molar-refractivity contribution in [2.24, 2.45) is 5.92 Å². The predicted molar refractivity (Wildman–Crippen MR) is 123 cm³/mol. The maximum Gasteiger partial charge on any atom is 0.251 e. The lowest BCUT2D eigenvalue weighted by atomic mass is 9.90. The van der Waals surface area contributed by atoms with Crippen molar-refractivity contribution < 1.29 is 14.2 Å². The van der Waals surface area contributed by atoms with Crippen LogP contribution in [0.3, 0.4) is 0 Å². The fraction of sp³-hybridized carbons (Fsp3) is 0.480. The molecule has 2 aromatic heterocycles. The SMILES string of the molecule is CC[C@@](O)(Cn1nncc1CCCCc1ccc[nH]c1=O)c1ccc(F)c(OCC2CC2)c1. The first-order valence-electron chi connectivity index (χ1n) is 11.7. The molecule has 2 N–H and O–H groups in total. The lowest BCUT2D eigenvalue weighted by Gasteiger charge is -2.28. The van der Waals surface area contributed by atoms with Gasteiger partial charge in [0.15, 0.2) is 11.6 Å². The van der Waals surface area contributed by atoms with Crippen LogP contribution >= 0.6 is 0 Å². The molecule has 1 fully saturated rings. The number of aryl methyl sites for hydroxylation is 2. The highest BCUT2D eigenvalue weighted by Gasteiger charge is 2.31. The predicted octanol–water partition coefficient (Wildman–Crippen LogP) is 3.76. The second-order valence-electron chi connectivity index (χ2n) is 8.90. The van der Waals surface area contributed by atoms with Crippen molar-refractivity contribution in [1.82, 2.24) is 20.0 Å². The Morgan fingerprint density at radius 2 is 2.09 bits per heavy atom. The molecule has 0 saturated heterocycles. The number of pyridine rings is 1. The molecular weight excluding hydrogens is 423 g/mol. The lowest BCUT2D eigenvalue weighted by molar-refractivity contribution is 0.00941. The maximum absolute atomic E-state index is 14.2. The first-order chi connectivity index (χ1) is 16.0. The third kappa shape index (κ3) is 5.87. The topological polar surface area (TPSA) is 93.0 Å². The van der Waals surface area contributed by atoms with Crippen LogP contribution < -0.4 is 10.3 Å². The summed E-state index contributed by atoms with van der Waals surface area (Å²) in [5.41, 5.74) is 1.01. The normalized spacial score (nSPS) is 15.4. The van der Waals surface area contributed by atoms with Gasteiger partial charge in [-0.1, -0.05) is 24.3 Å². The highest BCUT2D eigenvalue weighted by Crippen LogP contribution is 2.33. The second kappa shape index (κ2) is 10.3. The van der Waals surface area contributed by atoms with Gasteiger partial charge in [0.2, 0.25) is 0 Å². The summed E-state index contributed by atoms with van der Waals surface area (Å²) >= 11 is 0. The maximum atomic E-state index is 14.2. The summed E-state index contributed by atoms with van der Waals surface area (Å²) in [6.45, 7) is 2.61. The van der Waals surface area contributed by atoms with E-state index in [1.165, 1.54) is 6.07 Å². The molecule has 0 aliphatic heterocycles. The Balaban J connectivity index is 1.40. The molecule has 1 aliphatic rings. The van der Waals surface area contributed by atoms with Crippen LogP contribution in [0.4, 0.5) is 4.39 Å². The van der Waals surface area contributed by atoms with Crippen LogP contribution in [0.5, 0.6) is 5.75 Å². The Labute approximate surface area is 192 Å². The van der Waals surface area contributed by atoms with E-state index >= 15 is 0 Å². The van der Waals surface area contributed by atoms with Crippen molar-refractivity contribution in [3.05, 3.63) is 75.7 Å². The van der Waals surface area contributed by atoms with Crippen molar-refractivity contribution in [3.63, 3.8) is 0 Å². The Hall–Kier alpha value is -3.00. The van der Waals surface area contributed by atoms with Gasteiger partial charge < -0.3 is 14.8 Å². The van der Waals surface area contributed by atoms with E-state index < -0.39 is 11.4 Å². The van der Waals surface area contributed by atoms with E-state index in [9.17, 15) is 14.3 Å². The minimum absolute atomic E-state index is 0.0444. The van der Waals surface area contributed by atoms with E-state index in [1.807, 2.05) is 19.1 Å². The molecule has 3 aromatic rings. The molecule has 0 bridgehead atoms. The van der Waals surface area contributed by atoms with Gasteiger partial charge in [-0.3, -0.25) is 4.79 Å². The standard InChI is InChI=1S/C25H31FN4O3/c1-2-25(32,20-11-12-22(26)23(14-20)33-16-18-9-10-18)17-30-21(15-28-29-30)8-4-3-6-19-7-5-13-27-24(19)31/h5,7,11-15,18,32H,2-4,6,8-10,16-17H2,1H3,(H,27,31)/t25-/m1/s1. The van der Waals surface area contributed by atoms with Crippen molar-refractivity contribution in [2.45, 2.75) is 64.0 Å². The van der Waals surface area contributed by atoms with Crippen molar-refractivity contribution in [2.75, 3.05) is 6.61 Å². The average molecular weight is 455 g/mol. The van der Waals surface area contributed by atoms with Crippen molar-refractivity contribution >= 4 is 0 Å². The quantitative estimate of drug-likeness (QED) is 0.407. The molecular formula is C25H31FN4O3. The number of aromatic nitrogens is 4. The van der Waals surface area contributed by atoms with Gasteiger partial charge in [-0.25, -0.2) is 9.07 Å². The fourth-order valence-electron chi connectivity index (χ4n) is 3.93. The monoisotopic (exact) mass is 454 g/mol. The Bertz CT molecular complexity index is 1120. The fourth-order valence-corrected chi connectivity index (χ4v) is 3.93. The van der Waals surface area contributed by atoms with Gasteiger partial charge in [0.1, 0.15) is 5.60 Å². The average Bonchev–Trinajstić information content (AvgIpc) is 3.55. The zero-order valence-corrected chi connectivity index (χ0v) is 19.0. The summed E-state index contributed by atoms with van der Waals surface area (Å²) in [6, 6.07) is 8.24. The van der Waals surface area contributed by atoms with E-state index in [0.717, 1.165) is 43.4 Å². The summed E-state index contributed by atoms with van der Waals surface area (Å²) in [4.78, 5) is 14.5. The molecule has 1 saturated carbocycles. The van der Waals surface area contributed by atoms with Gasteiger partial charge in [0.25, 0.3) is 5.56 Å². The van der Waals surface area contributed by atoms with Crippen LogP contribution in [0.2, 0.25) is 0 Å². The molecule has 4 rings (SSSR count). The van der Waals surface area contributed by atoms with Crippen LogP contribution in [0.25, 0.3) is 0 Å². The van der Waals surface area contributed by atoms with Crippen LogP contribution in [0.15, 0.2) is 47.5 Å². The third-order valence-electron chi connectivity index (χ3n) is 6.36.